The molecule has 0 aromatic carbocycles. The van der Waals surface area contributed by atoms with Crippen molar-refractivity contribution < 1.29 is 9.90 Å². The van der Waals surface area contributed by atoms with Crippen LogP contribution in [0.3, 0.4) is 0 Å². The fourth-order valence-electron chi connectivity index (χ4n) is 5.34. The number of hydrogen-bond donors (Lipinski definition) is 2. The highest BCUT2D eigenvalue weighted by Crippen LogP contribution is 2.28. The molecule has 0 bridgehead atoms. The SMILES string of the molecule is Cn1cccc1CN1CCC(N2C[C@H](O)C[C@H]2C(=O)NC2CCCCC2)CC1. The van der Waals surface area contributed by atoms with Crippen LogP contribution in [-0.4, -0.2) is 69.2 Å². The molecule has 6 nitrogen and oxygen atoms in total. The Bertz CT molecular complexity index is 647. The molecule has 2 atom stereocenters. The van der Waals surface area contributed by atoms with Crippen LogP contribution in [0.5, 0.6) is 0 Å². The molecule has 0 unspecified atom stereocenters. The van der Waals surface area contributed by atoms with Crippen molar-refractivity contribution in [3.63, 3.8) is 0 Å². The molecular formula is C22H36N4O2. The number of amides is 1. The predicted octanol–water partition coefficient (Wildman–Crippen LogP) is 1.87. The number of carbonyl (C=O) groups excluding carboxylic acids is 1. The van der Waals surface area contributed by atoms with Gasteiger partial charge >= 0.3 is 0 Å². The van der Waals surface area contributed by atoms with Crippen LogP contribution in [0.1, 0.15) is 57.1 Å². The summed E-state index contributed by atoms with van der Waals surface area (Å²) >= 11 is 0. The van der Waals surface area contributed by atoms with Crippen LogP contribution in [0, 0.1) is 0 Å². The minimum atomic E-state index is -0.372. The maximum Gasteiger partial charge on any atom is 0.237 e. The second kappa shape index (κ2) is 8.97. The topological polar surface area (TPSA) is 60.7 Å². The molecule has 1 saturated carbocycles. The Morgan fingerprint density at radius 1 is 1.18 bits per heavy atom. The minimum absolute atomic E-state index is 0.148. The van der Waals surface area contributed by atoms with E-state index < -0.39 is 0 Å². The molecule has 1 aromatic heterocycles. The standard InChI is InChI=1S/C22H36N4O2/c1-24-11-5-8-19(24)15-25-12-9-18(10-13-25)26-16-20(27)14-21(26)22(28)23-17-6-3-2-4-7-17/h5,8,11,17-18,20-21,27H,2-4,6-7,9-10,12-16H2,1H3,(H,23,28)/t20-,21+/m1/s1. The molecule has 3 heterocycles. The highest BCUT2D eigenvalue weighted by atomic mass is 16.3. The quantitative estimate of drug-likeness (QED) is 0.809. The van der Waals surface area contributed by atoms with Crippen LogP contribution in [0.2, 0.25) is 0 Å². The molecule has 156 valence electrons. The van der Waals surface area contributed by atoms with Crippen LogP contribution in [0.15, 0.2) is 18.3 Å². The first kappa shape index (κ1) is 19.9. The van der Waals surface area contributed by atoms with Gasteiger partial charge < -0.3 is 15.0 Å². The smallest absolute Gasteiger partial charge is 0.237 e. The minimum Gasteiger partial charge on any atom is -0.392 e. The zero-order chi connectivity index (χ0) is 19.5. The van der Waals surface area contributed by atoms with E-state index in [1.54, 1.807) is 0 Å². The highest BCUT2D eigenvalue weighted by Gasteiger charge is 2.41. The van der Waals surface area contributed by atoms with Crippen molar-refractivity contribution in [2.45, 2.75) is 82.1 Å². The number of carbonyl (C=O) groups is 1. The Hall–Kier alpha value is -1.37. The average molecular weight is 389 g/mol. The largest absolute Gasteiger partial charge is 0.392 e. The molecule has 3 aliphatic rings. The van der Waals surface area contributed by atoms with E-state index in [1.165, 1.54) is 25.0 Å². The lowest BCUT2D eigenvalue weighted by Gasteiger charge is -2.39. The van der Waals surface area contributed by atoms with E-state index in [0.29, 0.717) is 25.0 Å². The van der Waals surface area contributed by atoms with Crippen molar-refractivity contribution in [3.05, 3.63) is 24.0 Å². The lowest BCUT2D eigenvalue weighted by atomic mass is 9.95. The van der Waals surface area contributed by atoms with Gasteiger partial charge in [0.05, 0.1) is 12.1 Å². The lowest BCUT2D eigenvalue weighted by Crippen LogP contribution is -2.53. The van der Waals surface area contributed by atoms with Crippen LogP contribution in [0.25, 0.3) is 0 Å². The van der Waals surface area contributed by atoms with Gasteiger partial charge in [0.15, 0.2) is 0 Å². The van der Waals surface area contributed by atoms with E-state index in [0.717, 1.165) is 45.3 Å². The molecule has 1 aliphatic carbocycles. The molecule has 0 radical (unpaired) electrons. The Morgan fingerprint density at radius 3 is 2.61 bits per heavy atom. The molecular weight excluding hydrogens is 352 g/mol. The number of aryl methyl sites for hydroxylation is 1. The van der Waals surface area contributed by atoms with Gasteiger partial charge in [0.25, 0.3) is 0 Å². The van der Waals surface area contributed by atoms with E-state index in [4.69, 9.17) is 0 Å². The summed E-state index contributed by atoms with van der Waals surface area (Å²) < 4.78 is 2.19. The molecule has 2 saturated heterocycles. The number of aromatic nitrogens is 1. The summed E-state index contributed by atoms with van der Waals surface area (Å²) in [7, 11) is 2.10. The predicted molar refractivity (Wildman–Crippen MR) is 110 cm³/mol. The number of aliphatic hydroxyl groups is 1. The summed E-state index contributed by atoms with van der Waals surface area (Å²) in [6, 6.07) is 4.89. The Kier molecular flexibility index (Phi) is 6.38. The molecule has 28 heavy (non-hydrogen) atoms. The number of aliphatic hydroxyl groups excluding tert-OH is 1. The molecule has 4 rings (SSSR count). The van der Waals surface area contributed by atoms with Gasteiger partial charge in [-0.25, -0.2) is 0 Å². The second-order valence-corrected chi connectivity index (χ2v) is 9.06. The van der Waals surface area contributed by atoms with E-state index in [2.05, 4.69) is 45.1 Å². The summed E-state index contributed by atoms with van der Waals surface area (Å²) in [5, 5.41) is 13.6. The van der Waals surface area contributed by atoms with Crippen LogP contribution < -0.4 is 5.32 Å². The average Bonchev–Trinajstić information content (AvgIpc) is 3.29. The molecule has 3 fully saturated rings. The maximum absolute atomic E-state index is 12.9. The van der Waals surface area contributed by atoms with Gasteiger partial charge in [-0.1, -0.05) is 19.3 Å². The third-order valence-corrected chi connectivity index (χ3v) is 7.03. The number of piperidine rings is 1. The molecule has 2 N–H and O–H groups in total. The number of nitrogens with zero attached hydrogens (tertiary/aromatic N) is 3. The van der Waals surface area contributed by atoms with Crippen LogP contribution in [-0.2, 0) is 18.4 Å². The summed E-state index contributed by atoms with van der Waals surface area (Å²) in [6.45, 7) is 3.74. The van der Waals surface area contributed by atoms with Gasteiger partial charge in [0.1, 0.15) is 0 Å². The summed E-state index contributed by atoms with van der Waals surface area (Å²) in [5.41, 5.74) is 1.35. The van der Waals surface area contributed by atoms with Gasteiger partial charge in [-0.2, -0.15) is 0 Å². The molecule has 6 heteroatoms. The number of hydrogen-bond acceptors (Lipinski definition) is 4. The summed E-state index contributed by atoms with van der Waals surface area (Å²) in [4.78, 5) is 17.8. The van der Waals surface area contributed by atoms with Crippen molar-refractivity contribution in [1.29, 1.82) is 0 Å². The van der Waals surface area contributed by atoms with Gasteiger partial charge in [-0.15, -0.1) is 0 Å². The fraction of sp³-hybridized carbons (Fsp3) is 0.773. The highest BCUT2D eigenvalue weighted by molar-refractivity contribution is 5.82. The second-order valence-electron chi connectivity index (χ2n) is 9.06. The monoisotopic (exact) mass is 388 g/mol. The van der Waals surface area contributed by atoms with E-state index in [1.807, 2.05) is 0 Å². The molecule has 1 aromatic rings. The van der Waals surface area contributed by atoms with E-state index in [9.17, 15) is 9.90 Å². The van der Waals surface area contributed by atoms with Crippen LogP contribution in [0.4, 0.5) is 0 Å². The molecule has 2 aliphatic heterocycles. The van der Waals surface area contributed by atoms with Gasteiger partial charge in [0, 0.05) is 57.2 Å². The third-order valence-electron chi connectivity index (χ3n) is 7.03. The van der Waals surface area contributed by atoms with Crippen molar-refractivity contribution in [2.24, 2.45) is 7.05 Å². The first-order chi connectivity index (χ1) is 13.6. The first-order valence-corrected chi connectivity index (χ1v) is 11.2. The molecule has 0 spiro atoms. The van der Waals surface area contributed by atoms with E-state index in [-0.39, 0.29) is 18.1 Å². The fourth-order valence-corrected chi connectivity index (χ4v) is 5.34. The van der Waals surface area contributed by atoms with Gasteiger partial charge in [-0.3, -0.25) is 14.6 Å². The molecule has 1 amide bonds. The van der Waals surface area contributed by atoms with Crippen LogP contribution >= 0.6 is 0 Å². The Labute approximate surface area is 168 Å². The number of nitrogens with one attached hydrogen (secondary N) is 1. The summed E-state index contributed by atoms with van der Waals surface area (Å²) in [5.74, 6) is 0.148. The zero-order valence-corrected chi connectivity index (χ0v) is 17.2. The zero-order valence-electron chi connectivity index (χ0n) is 17.2. The van der Waals surface area contributed by atoms with E-state index >= 15 is 0 Å². The third kappa shape index (κ3) is 4.61. The maximum atomic E-state index is 12.9. The van der Waals surface area contributed by atoms with Crippen molar-refractivity contribution >= 4 is 5.91 Å². The van der Waals surface area contributed by atoms with Crippen molar-refractivity contribution in [2.75, 3.05) is 19.6 Å². The Balaban J connectivity index is 1.31. The number of rotatable bonds is 5. The number of β-amino-alcohol motifs (C(OH)–C–C–N with tert-alkyl or cyclic N) is 1. The van der Waals surface area contributed by atoms with Crippen molar-refractivity contribution in [1.82, 2.24) is 19.7 Å². The van der Waals surface area contributed by atoms with Gasteiger partial charge in [0.2, 0.25) is 5.91 Å². The number of likely N-dealkylation sites (tertiary alicyclic amines) is 2. The van der Waals surface area contributed by atoms with Gasteiger partial charge in [-0.05, 0) is 44.2 Å². The normalized spacial score (nSPS) is 28.6. The first-order valence-electron chi connectivity index (χ1n) is 11.2. The van der Waals surface area contributed by atoms with Crippen molar-refractivity contribution in [3.8, 4) is 0 Å². The Morgan fingerprint density at radius 2 is 1.93 bits per heavy atom. The lowest BCUT2D eigenvalue weighted by molar-refractivity contribution is -0.127. The summed E-state index contributed by atoms with van der Waals surface area (Å²) in [6.07, 6.45) is 10.4.